The summed E-state index contributed by atoms with van der Waals surface area (Å²) >= 11 is 0. The summed E-state index contributed by atoms with van der Waals surface area (Å²) in [6.07, 6.45) is 3.65. The van der Waals surface area contributed by atoms with E-state index >= 15 is 0 Å². The van der Waals surface area contributed by atoms with Crippen molar-refractivity contribution in [1.82, 2.24) is 4.57 Å². The highest BCUT2D eigenvalue weighted by Gasteiger charge is 2.11. The van der Waals surface area contributed by atoms with Crippen LogP contribution in [0.4, 0.5) is 5.69 Å². The molecule has 1 heterocycles. The van der Waals surface area contributed by atoms with Crippen LogP contribution in [0.5, 0.6) is 5.75 Å². The molecule has 0 aliphatic heterocycles. The highest BCUT2D eigenvalue weighted by molar-refractivity contribution is 5.70. The van der Waals surface area contributed by atoms with Gasteiger partial charge in [-0.3, -0.25) is 9.79 Å². The Labute approximate surface area is 137 Å². The fraction of sp³-hybridized carbons (Fsp3) is 0.368. The van der Waals surface area contributed by atoms with Gasteiger partial charge >= 0.3 is 0 Å². The normalized spacial score (nSPS) is 11.4. The van der Waals surface area contributed by atoms with Gasteiger partial charge in [0.05, 0.1) is 12.3 Å². The zero-order valence-corrected chi connectivity index (χ0v) is 14.5. The summed E-state index contributed by atoms with van der Waals surface area (Å²) in [6, 6.07) is 8.01. The van der Waals surface area contributed by atoms with Crippen LogP contribution in [0, 0.1) is 0 Å². The molecule has 0 aliphatic carbocycles. The van der Waals surface area contributed by atoms with E-state index < -0.39 is 0 Å². The number of hydrogen-bond donors (Lipinski definition) is 0. The molecular formula is C19H24N2O2. The first kappa shape index (κ1) is 17.0. The summed E-state index contributed by atoms with van der Waals surface area (Å²) in [5.74, 6) is 0.752. The number of aliphatic imine (C=N–C) groups is 1. The number of rotatable bonds is 5. The van der Waals surface area contributed by atoms with E-state index in [2.05, 4.69) is 24.9 Å². The lowest BCUT2D eigenvalue weighted by Gasteiger charge is -2.13. The number of hydrogen-bond acceptors (Lipinski definition) is 3. The molecule has 2 aromatic rings. The van der Waals surface area contributed by atoms with E-state index in [1.54, 1.807) is 17.8 Å². The highest BCUT2D eigenvalue weighted by atomic mass is 16.5. The molecule has 0 aliphatic rings. The molecule has 0 radical (unpaired) electrons. The van der Waals surface area contributed by atoms with Crippen molar-refractivity contribution in [3.05, 3.63) is 46.4 Å². The minimum Gasteiger partial charge on any atom is -0.488 e. The monoisotopic (exact) mass is 312 g/mol. The number of pyridine rings is 1. The molecule has 0 fully saturated rings. The average Bonchev–Trinajstić information content (AvgIpc) is 2.52. The molecule has 0 atom stereocenters. The third-order valence-electron chi connectivity index (χ3n) is 3.70. The van der Waals surface area contributed by atoms with Crippen LogP contribution in [0.1, 0.15) is 39.2 Å². The Morgan fingerprint density at radius 1 is 1.26 bits per heavy atom. The molecule has 0 bridgehead atoms. The van der Waals surface area contributed by atoms with Crippen LogP contribution in [0.2, 0.25) is 0 Å². The summed E-state index contributed by atoms with van der Waals surface area (Å²) < 4.78 is 7.03. The SMILES string of the molecule is C/C=N\c1ccc(-c2cc(OCC)c(=O)n(C)c2)cc1C(C)C. The van der Waals surface area contributed by atoms with E-state index in [1.807, 2.05) is 38.2 Å². The van der Waals surface area contributed by atoms with Crippen molar-refractivity contribution >= 4 is 11.9 Å². The molecule has 0 unspecified atom stereocenters. The van der Waals surface area contributed by atoms with Crippen LogP contribution in [-0.2, 0) is 7.05 Å². The fourth-order valence-electron chi connectivity index (χ4n) is 2.55. The Kier molecular flexibility index (Phi) is 5.37. The van der Waals surface area contributed by atoms with E-state index in [4.69, 9.17) is 4.74 Å². The van der Waals surface area contributed by atoms with Crippen LogP contribution < -0.4 is 10.3 Å². The number of aryl methyl sites for hydroxylation is 1. The van der Waals surface area contributed by atoms with Gasteiger partial charge in [0.25, 0.3) is 5.56 Å². The Balaban J connectivity index is 2.58. The Bertz CT molecular complexity index is 773. The minimum absolute atomic E-state index is 0.119. The van der Waals surface area contributed by atoms with Gasteiger partial charge in [-0.15, -0.1) is 0 Å². The van der Waals surface area contributed by atoms with Crippen molar-refractivity contribution in [2.24, 2.45) is 12.0 Å². The molecule has 0 saturated carbocycles. The number of ether oxygens (including phenoxy) is 1. The van der Waals surface area contributed by atoms with Crippen molar-refractivity contribution in [1.29, 1.82) is 0 Å². The molecule has 122 valence electrons. The standard InChI is InChI=1S/C19H24N2O2/c1-6-20-17-9-8-14(10-16(17)13(3)4)15-11-18(23-7-2)19(22)21(5)12-15/h6,8-13H,7H2,1-5H3/b20-6-. The smallest absolute Gasteiger partial charge is 0.292 e. The second kappa shape index (κ2) is 7.27. The summed E-state index contributed by atoms with van der Waals surface area (Å²) in [4.78, 5) is 16.5. The van der Waals surface area contributed by atoms with Crippen LogP contribution in [-0.4, -0.2) is 17.4 Å². The molecule has 0 spiro atoms. The number of benzene rings is 1. The molecule has 4 heteroatoms. The second-order valence-electron chi connectivity index (χ2n) is 5.76. The molecular weight excluding hydrogens is 288 g/mol. The maximum absolute atomic E-state index is 12.1. The first-order chi connectivity index (χ1) is 11.0. The number of aromatic nitrogens is 1. The third-order valence-corrected chi connectivity index (χ3v) is 3.70. The van der Waals surface area contributed by atoms with Gasteiger partial charge in [0.15, 0.2) is 5.75 Å². The summed E-state index contributed by atoms with van der Waals surface area (Å²) in [5, 5.41) is 0. The average molecular weight is 312 g/mol. The first-order valence-electron chi connectivity index (χ1n) is 7.94. The minimum atomic E-state index is -0.119. The fourth-order valence-corrected chi connectivity index (χ4v) is 2.55. The van der Waals surface area contributed by atoms with E-state index in [0.29, 0.717) is 18.3 Å². The maximum Gasteiger partial charge on any atom is 0.292 e. The predicted octanol–water partition coefficient (Wildman–Crippen LogP) is 4.30. The molecule has 23 heavy (non-hydrogen) atoms. The zero-order chi connectivity index (χ0) is 17.0. The lowest BCUT2D eigenvalue weighted by Crippen LogP contribution is -2.18. The van der Waals surface area contributed by atoms with Crippen LogP contribution in [0.25, 0.3) is 11.1 Å². The zero-order valence-electron chi connectivity index (χ0n) is 14.5. The molecule has 0 saturated heterocycles. The van der Waals surface area contributed by atoms with Gasteiger partial charge in [0, 0.05) is 25.0 Å². The summed E-state index contributed by atoms with van der Waals surface area (Å²) in [6.45, 7) is 8.57. The molecule has 2 rings (SSSR count). The Morgan fingerprint density at radius 2 is 2.00 bits per heavy atom. The molecule has 1 aromatic carbocycles. The topological polar surface area (TPSA) is 43.6 Å². The van der Waals surface area contributed by atoms with Gasteiger partial charge in [-0.25, -0.2) is 0 Å². The predicted molar refractivity (Wildman–Crippen MR) is 96.2 cm³/mol. The Morgan fingerprint density at radius 3 is 2.61 bits per heavy atom. The lowest BCUT2D eigenvalue weighted by molar-refractivity contribution is 0.333. The number of nitrogens with zero attached hydrogens (tertiary/aromatic N) is 2. The first-order valence-corrected chi connectivity index (χ1v) is 7.94. The van der Waals surface area contributed by atoms with Crippen LogP contribution >= 0.6 is 0 Å². The van der Waals surface area contributed by atoms with Gasteiger partial charge in [0.1, 0.15) is 0 Å². The highest BCUT2D eigenvalue weighted by Crippen LogP contribution is 2.32. The quantitative estimate of drug-likeness (QED) is 0.773. The van der Waals surface area contributed by atoms with Crippen molar-refractivity contribution < 1.29 is 4.74 Å². The molecule has 1 aromatic heterocycles. The van der Waals surface area contributed by atoms with Crippen molar-refractivity contribution in [3.8, 4) is 16.9 Å². The van der Waals surface area contributed by atoms with E-state index in [1.165, 1.54) is 5.56 Å². The van der Waals surface area contributed by atoms with E-state index in [-0.39, 0.29) is 5.56 Å². The van der Waals surface area contributed by atoms with E-state index in [0.717, 1.165) is 16.8 Å². The largest absolute Gasteiger partial charge is 0.488 e. The van der Waals surface area contributed by atoms with Crippen molar-refractivity contribution in [2.45, 2.75) is 33.6 Å². The summed E-state index contributed by atoms with van der Waals surface area (Å²) in [7, 11) is 1.74. The van der Waals surface area contributed by atoms with Gasteiger partial charge < -0.3 is 9.30 Å². The third kappa shape index (κ3) is 3.70. The van der Waals surface area contributed by atoms with Gasteiger partial charge in [-0.1, -0.05) is 19.9 Å². The van der Waals surface area contributed by atoms with Crippen molar-refractivity contribution in [3.63, 3.8) is 0 Å². The second-order valence-corrected chi connectivity index (χ2v) is 5.76. The van der Waals surface area contributed by atoms with Crippen molar-refractivity contribution in [2.75, 3.05) is 6.61 Å². The van der Waals surface area contributed by atoms with Crippen LogP contribution in [0.15, 0.2) is 40.2 Å². The van der Waals surface area contributed by atoms with Gasteiger partial charge in [0.2, 0.25) is 0 Å². The lowest BCUT2D eigenvalue weighted by atomic mass is 9.96. The molecule has 0 N–H and O–H groups in total. The summed E-state index contributed by atoms with van der Waals surface area (Å²) in [5.41, 5.74) is 4.07. The van der Waals surface area contributed by atoms with Crippen LogP contribution in [0.3, 0.4) is 0 Å². The van der Waals surface area contributed by atoms with Gasteiger partial charge in [-0.05, 0) is 49.1 Å². The molecule has 4 nitrogen and oxygen atoms in total. The van der Waals surface area contributed by atoms with E-state index in [9.17, 15) is 4.79 Å². The maximum atomic E-state index is 12.1. The van der Waals surface area contributed by atoms with Gasteiger partial charge in [-0.2, -0.15) is 0 Å². The Hall–Kier alpha value is -2.36. The molecule has 0 amide bonds.